The Balaban J connectivity index is 1.59. The number of rotatable bonds is 4. The summed E-state index contributed by atoms with van der Waals surface area (Å²) < 4.78 is 7.25. The molecule has 1 fully saturated rings. The average molecular weight is 400 g/mol. The molecule has 1 saturated heterocycles. The minimum absolute atomic E-state index is 0.113. The minimum Gasteiger partial charge on any atom is -0.378 e. The summed E-state index contributed by atoms with van der Waals surface area (Å²) in [5, 5.41) is 0. The van der Waals surface area contributed by atoms with Crippen LogP contribution in [-0.4, -0.2) is 51.7 Å². The van der Waals surface area contributed by atoms with Gasteiger partial charge in [-0.1, -0.05) is 18.2 Å². The predicted molar refractivity (Wildman–Crippen MR) is 114 cm³/mol. The van der Waals surface area contributed by atoms with Crippen LogP contribution in [0.15, 0.2) is 60.9 Å². The van der Waals surface area contributed by atoms with Gasteiger partial charge in [0.05, 0.1) is 13.2 Å². The molecular formula is C22H20N6O2. The van der Waals surface area contributed by atoms with Gasteiger partial charge in [-0.25, -0.2) is 15.0 Å². The number of fused-ring (bicyclic) bond motifs is 1. The number of aromatic nitrogens is 4. The van der Waals surface area contributed by atoms with E-state index in [4.69, 9.17) is 15.5 Å². The standard InChI is InChI=1S/C22H20N6O2/c23-20(29)18-19-22(28(14-24-19)17-4-2-1-3-5-17)26-21(25-18)15-6-8-16(9-7-15)27-10-12-30-13-11-27/h1-9,14H,10-13H2,(H2,23,29). The predicted octanol–water partition coefficient (Wildman–Crippen LogP) is 2.42. The van der Waals surface area contributed by atoms with Crippen molar-refractivity contribution in [3.05, 3.63) is 66.6 Å². The number of imidazole rings is 1. The van der Waals surface area contributed by atoms with Gasteiger partial charge in [0.15, 0.2) is 17.2 Å². The Morgan fingerprint density at radius 1 is 0.933 bits per heavy atom. The fourth-order valence-electron chi connectivity index (χ4n) is 3.62. The number of benzene rings is 2. The normalized spacial score (nSPS) is 14.2. The zero-order valence-corrected chi connectivity index (χ0v) is 16.2. The van der Waals surface area contributed by atoms with Gasteiger partial charge in [-0.15, -0.1) is 0 Å². The molecule has 1 aliphatic heterocycles. The van der Waals surface area contributed by atoms with Crippen molar-refractivity contribution in [2.75, 3.05) is 31.2 Å². The minimum atomic E-state index is -0.633. The highest BCUT2D eigenvalue weighted by Crippen LogP contribution is 2.25. The van der Waals surface area contributed by atoms with E-state index in [0.29, 0.717) is 17.0 Å². The van der Waals surface area contributed by atoms with Crippen LogP contribution in [0.4, 0.5) is 5.69 Å². The molecule has 0 spiro atoms. The maximum Gasteiger partial charge on any atom is 0.269 e. The Kier molecular flexibility index (Phi) is 4.61. The molecule has 3 heterocycles. The average Bonchev–Trinajstić information content (AvgIpc) is 3.23. The molecule has 5 rings (SSSR count). The van der Waals surface area contributed by atoms with Crippen LogP contribution in [-0.2, 0) is 4.74 Å². The van der Waals surface area contributed by atoms with Gasteiger partial charge in [-0.05, 0) is 36.4 Å². The third-order valence-corrected chi connectivity index (χ3v) is 5.17. The van der Waals surface area contributed by atoms with Crippen LogP contribution < -0.4 is 10.6 Å². The highest BCUT2D eigenvalue weighted by Gasteiger charge is 2.19. The van der Waals surface area contributed by atoms with Gasteiger partial charge in [0.1, 0.15) is 11.8 Å². The number of carbonyl (C=O) groups is 1. The molecule has 0 saturated carbocycles. The SMILES string of the molecule is NC(=O)c1nc(-c2ccc(N3CCOCC3)cc2)nc2c1ncn2-c1ccccc1. The van der Waals surface area contributed by atoms with Crippen LogP contribution in [0.25, 0.3) is 28.2 Å². The molecule has 2 aromatic heterocycles. The lowest BCUT2D eigenvalue weighted by Crippen LogP contribution is -2.36. The smallest absolute Gasteiger partial charge is 0.269 e. The molecule has 2 N–H and O–H groups in total. The summed E-state index contributed by atoms with van der Waals surface area (Å²) in [6, 6.07) is 17.7. The van der Waals surface area contributed by atoms with E-state index in [1.165, 1.54) is 0 Å². The van der Waals surface area contributed by atoms with E-state index in [9.17, 15) is 4.79 Å². The van der Waals surface area contributed by atoms with Gasteiger partial charge in [0.25, 0.3) is 5.91 Å². The van der Waals surface area contributed by atoms with E-state index < -0.39 is 5.91 Å². The summed E-state index contributed by atoms with van der Waals surface area (Å²) in [6.07, 6.45) is 1.63. The topological polar surface area (TPSA) is 99.2 Å². The number of anilines is 1. The number of hydrogen-bond acceptors (Lipinski definition) is 6. The second kappa shape index (κ2) is 7.57. The third kappa shape index (κ3) is 3.27. The molecule has 0 aliphatic carbocycles. The summed E-state index contributed by atoms with van der Waals surface area (Å²) in [5.74, 6) is -0.200. The van der Waals surface area contributed by atoms with E-state index >= 15 is 0 Å². The van der Waals surface area contributed by atoms with Crippen molar-refractivity contribution in [1.29, 1.82) is 0 Å². The molecule has 2 aromatic carbocycles. The van der Waals surface area contributed by atoms with Gasteiger partial charge < -0.3 is 15.4 Å². The molecule has 0 atom stereocenters. The number of carbonyl (C=O) groups excluding carboxylic acids is 1. The highest BCUT2D eigenvalue weighted by atomic mass is 16.5. The second-order valence-corrected chi connectivity index (χ2v) is 7.03. The number of nitrogens with zero attached hydrogens (tertiary/aromatic N) is 5. The van der Waals surface area contributed by atoms with Crippen molar-refractivity contribution < 1.29 is 9.53 Å². The first kappa shape index (κ1) is 18.3. The molecule has 150 valence electrons. The molecule has 30 heavy (non-hydrogen) atoms. The van der Waals surface area contributed by atoms with E-state index in [1.807, 2.05) is 59.2 Å². The summed E-state index contributed by atoms with van der Waals surface area (Å²) in [6.45, 7) is 3.19. The second-order valence-electron chi connectivity index (χ2n) is 7.03. The van der Waals surface area contributed by atoms with Crippen molar-refractivity contribution in [1.82, 2.24) is 19.5 Å². The van der Waals surface area contributed by atoms with Crippen molar-refractivity contribution in [3.8, 4) is 17.1 Å². The first-order valence-electron chi connectivity index (χ1n) is 9.74. The molecule has 1 amide bonds. The van der Waals surface area contributed by atoms with E-state index in [2.05, 4.69) is 14.9 Å². The number of para-hydroxylation sites is 1. The Bertz CT molecular complexity index is 1200. The van der Waals surface area contributed by atoms with Crippen LogP contribution in [0.5, 0.6) is 0 Å². The van der Waals surface area contributed by atoms with Gasteiger partial charge in [-0.3, -0.25) is 9.36 Å². The highest BCUT2D eigenvalue weighted by molar-refractivity contribution is 6.02. The van der Waals surface area contributed by atoms with Crippen LogP contribution >= 0.6 is 0 Å². The molecule has 4 aromatic rings. The maximum atomic E-state index is 12.1. The van der Waals surface area contributed by atoms with Gasteiger partial charge >= 0.3 is 0 Å². The Morgan fingerprint density at radius 3 is 2.37 bits per heavy atom. The summed E-state index contributed by atoms with van der Waals surface area (Å²) in [4.78, 5) is 27.8. The monoisotopic (exact) mass is 400 g/mol. The van der Waals surface area contributed by atoms with Crippen molar-refractivity contribution in [2.24, 2.45) is 5.73 Å². The fourth-order valence-corrected chi connectivity index (χ4v) is 3.62. The van der Waals surface area contributed by atoms with Crippen molar-refractivity contribution in [2.45, 2.75) is 0 Å². The van der Waals surface area contributed by atoms with Gasteiger partial charge in [-0.2, -0.15) is 0 Å². The van der Waals surface area contributed by atoms with Crippen LogP contribution in [0.1, 0.15) is 10.5 Å². The lowest BCUT2D eigenvalue weighted by molar-refractivity contribution is 0.0997. The number of morpholine rings is 1. The van der Waals surface area contributed by atoms with E-state index in [1.54, 1.807) is 6.33 Å². The summed E-state index contributed by atoms with van der Waals surface area (Å²) in [5.41, 5.74) is 9.45. The van der Waals surface area contributed by atoms with Gasteiger partial charge in [0, 0.05) is 30.0 Å². The number of amides is 1. The first-order chi connectivity index (χ1) is 14.7. The summed E-state index contributed by atoms with van der Waals surface area (Å²) in [7, 11) is 0. The summed E-state index contributed by atoms with van der Waals surface area (Å²) >= 11 is 0. The largest absolute Gasteiger partial charge is 0.378 e. The van der Waals surface area contributed by atoms with Crippen LogP contribution in [0, 0.1) is 0 Å². The van der Waals surface area contributed by atoms with Crippen molar-refractivity contribution in [3.63, 3.8) is 0 Å². The molecular weight excluding hydrogens is 380 g/mol. The Labute approximate surface area is 172 Å². The maximum absolute atomic E-state index is 12.1. The van der Waals surface area contributed by atoms with E-state index in [0.717, 1.165) is 43.2 Å². The van der Waals surface area contributed by atoms with Crippen LogP contribution in [0.3, 0.4) is 0 Å². The Morgan fingerprint density at radius 2 is 1.67 bits per heavy atom. The number of nitrogens with two attached hydrogens (primary N) is 1. The zero-order chi connectivity index (χ0) is 20.5. The quantitative estimate of drug-likeness (QED) is 0.565. The fraction of sp³-hybridized carbons (Fsp3) is 0.182. The third-order valence-electron chi connectivity index (χ3n) is 5.17. The molecule has 0 unspecified atom stereocenters. The molecule has 8 heteroatoms. The molecule has 0 bridgehead atoms. The molecule has 1 aliphatic rings. The number of primary amides is 1. The lowest BCUT2D eigenvalue weighted by atomic mass is 10.1. The molecule has 8 nitrogen and oxygen atoms in total. The molecule has 0 radical (unpaired) electrons. The Hall–Kier alpha value is -3.78. The van der Waals surface area contributed by atoms with Gasteiger partial charge in [0.2, 0.25) is 0 Å². The first-order valence-corrected chi connectivity index (χ1v) is 9.74. The van der Waals surface area contributed by atoms with Crippen LogP contribution in [0.2, 0.25) is 0 Å². The number of hydrogen-bond donors (Lipinski definition) is 1. The van der Waals surface area contributed by atoms with E-state index in [-0.39, 0.29) is 5.69 Å². The zero-order valence-electron chi connectivity index (χ0n) is 16.2. The lowest BCUT2D eigenvalue weighted by Gasteiger charge is -2.28. The van der Waals surface area contributed by atoms with Crippen molar-refractivity contribution >= 4 is 22.8 Å². The number of ether oxygens (including phenoxy) is 1.